The number of Topliss-reactive ketones (excluding diaryl/α,β-unsaturated/α-hetero) is 1. The fourth-order valence-corrected chi connectivity index (χ4v) is 4.26. The molecular weight excluding hydrogens is 420 g/mol. The molecule has 0 unspecified atom stereocenters. The van der Waals surface area contributed by atoms with E-state index in [0.717, 1.165) is 10.6 Å². The summed E-state index contributed by atoms with van der Waals surface area (Å²) in [6.45, 7) is -0.590. The maximum atomic E-state index is 12.7. The number of anilines is 1. The third kappa shape index (κ3) is 4.15. The van der Waals surface area contributed by atoms with E-state index in [2.05, 4.69) is 0 Å². The summed E-state index contributed by atoms with van der Waals surface area (Å²) in [4.78, 5) is 28.0. The van der Waals surface area contributed by atoms with Gasteiger partial charge < -0.3 is 23.8 Å². The van der Waals surface area contributed by atoms with E-state index < -0.39 is 18.4 Å². The SMILES string of the molecule is COc1ccc(C(=O)OCC(=O)/C(C#N)=C2/Sc3ccccc3N2C)c(OC)c1OC. The first kappa shape index (κ1) is 22.1. The van der Waals surface area contributed by atoms with Gasteiger partial charge in [-0.05, 0) is 24.3 Å². The Hall–Kier alpha value is -3.64. The zero-order valence-corrected chi connectivity index (χ0v) is 18.2. The summed E-state index contributed by atoms with van der Waals surface area (Å²) in [7, 11) is 6.03. The highest BCUT2D eigenvalue weighted by atomic mass is 32.2. The van der Waals surface area contributed by atoms with Gasteiger partial charge in [0.15, 0.2) is 18.1 Å². The highest BCUT2D eigenvalue weighted by Gasteiger charge is 2.29. The van der Waals surface area contributed by atoms with Crippen molar-refractivity contribution in [1.29, 1.82) is 5.26 Å². The summed E-state index contributed by atoms with van der Waals surface area (Å²) in [6, 6.07) is 12.5. The highest BCUT2D eigenvalue weighted by molar-refractivity contribution is 8.03. The predicted octanol–water partition coefficient (Wildman–Crippen LogP) is 3.42. The van der Waals surface area contributed by atoms with E-state index in [0.29, 0.717) is 10.8 Å². The van der Waals surface area contributed by atoms with Crippen LogP contribution in [0.4, 0.5) is 5.69 Å². The van der Waals surface area contributed by atoms with E-state index >= 15 is 0 Å². The topological polar surface area (TPSA) is 98.1 Å². The second-order valence-corrected chi connectivity index (χ2v) is 7.33. The van der Waals surface area contributed by atoms with Gasteiger partial charge in [-0.15, -0.1) is 0 Å². The number of hydrogen-bond acceptors (Lipinski definition) is 9. The van der Waals surface area contributed by atoms with Gasteiger partial charge in [0.25, 0.3) is 0 Å². The normalized spacial score (nSPS) is 13.7. The maximum absolute atomic E-state index is 12.7. The van der Waals surface area contributed by atoms with Gasteiger partial charge in [0.1, 0.15) is 22.2 Å². The lowest BCUT2D eigenvalue weighted by Gasteiger charge is -2.16. The molecule has 1 heterocycles. The van der Waals surface area contributed by atoms with Crippen molar-refractivity contribution in [2.24, 2.45) is 0 Å². The largest absolute Gasteiger partial charge is 0.493 e. The minimum atomic E-state index is -0.788. The van der Waals surface area contributed by atoms with Crippen molar-refractivity contribution in [3.8, 4) is 23.3 Å². The predicted molar refractivity (Wildman–Crippen MR) is 115 cm³/mol. The van der Waals surface area contributed by atoms with Gasteiger partial charge in [-0.2, -0.15) is 5.26 Å². The molecule has 1 aliphatic rings. The molecule has 0 spiro atoms. The smallest absolute Gasteiger partial charge is 0.342 e. The van der Waals surface area contributed by atoms with Gasteiger partial charge in [-0.1, -0.05) is 23.9 Å². The van der Waals surface area contributed by atoms with E-state index in [1.54, 1.807) is 11.9 Å². The average molecular weight is 440 g/mol. The van der Waals surface area contributed by atoms with Crippen LogP contribution in [0.15, 0.2) is 51.9 Å². The number of esters is 1. The Morgan fingerprint density at radius 1 is 1.03 bits per heavy atom. The van der Waals surface area contributed by atoms with Crippen LogP contribution in [0, 0.1) is 11.3 Å². The van der Waals surface area contributed by atoms with Crippen molar-refractivity contribution in [3.05, 3.63) is 52.6 Å². The van der Waals surface area contributed by atoms with Crippen molar-refractivity contribution in [2.75, 3.05) is 39.9 Å². The van der Waals surface area contributed by atoms with Crippen molar-refractivity contribution in [3.63, 3.8) is 0 Å². The van der Waals surface area contributed by atoms with Crippen LogP contribution < -0.4 is 19.1 Å². The Balaban J connectivity index is 1.80. The molecule has 0 radical (unpaired) electrons. The molecule has 0 aromatic heterocycles. The lowest BCUT2D eigenvalue weighted by atomic mass is 10.1. The van der Waals surface area contributed by atoms with Gasteiger partial charge in [-0.25, -0.2) is 4.79 Å². The van der Waals surface area contributed by atoms with E-state index in [9.17, 15) is 14.9 Å². The fraction of sp³-hybridized carbons (Fsp3) is 0.227. The zero-order valence-electron chi connectivity index (χ0n) is 17.4. The molecule has 0 N–H and O–H groups in total. The van der Waals surface area contributed by atoms with Crippen LogP contribution in [0.3, 0.4) is 0 Å². The van der Waals surface area contributed by atoms with Crippen LogP contribution in [0.25, 0.3) is 0 Å². The summed E-state index contributed by atoms with van der Waals surface area (Å²) in [5, 5.41) is 10.1. The first-order chi connectivity index (χ1) is 15.0. The number of carbonyl (C=O) groups is 2. The maximum Gasteiger partial charge on any atom is 0.342 e. The molecule has 0 saturated heterocycles. The van der Waals surface area contributed by atoms with E-state index in [-0.39, 0.29) is 22.6 Å². The molecule has 1 aliphatic heterocycles. The number of benzene rings is 2. The van der Waals surface area contributed by atoms with Gasteiger partial charge in [-0.3, -0.25) is 4.79 Å². The van der Waals surface area contributed by atoms with Crippen LogP contribution >= 0.6 is 11.8 Å². The van der Waals surface area contributed by atoms with Gasteiger partial charge in [0, 0.05) is 11.9 Å². The monoisotopic (exact) mass is 440 g/mol. The van der Waals surface area contributed by atoms with Crippen molar-refractivity contribution in [2.45, 2.75) is 4.90 Å². The number of fused-ring (bicyclic) bond motifs is 1. The van der Waals surface area contributed by atoms with Crippen LogP contribution in [0.2, 0.25) is 0 Å². The summed E-state index contributed by atoms with van der Waals surface area (Å²) in [5.74, 6) is -0.655. The molecule has 0 aliphatic carbocycles. The lowest BCUT2D eigenvalue weighted by Crippen LogP contribution is -2.20. The number of rotatable bonds is 7. The number of hydrogen-bond donors (Lipinski definition) is 0. The summed E-state index contributed by atoms with van der Waals surface area (Å²) in [6.07, 6.45) is 0. The van der Waals surface area contributed by atoms with Crippen LogP contribution in [0.1, 0.15) is 10.4 Å². The zero-order chi connectivity index (χ0) is 22.5. The number of nitrogens with zero attached hydrogens (tertiary/aromatic N) is 2. The standard InChI is InChI=1S/C22H20N2O6S/c1-24-15-7-5-6-8-18(15)31-21(24)14(11-23)16(25)12-30-22(26)13-9-10-17(27-2)20(29-4)19(13)28-3/h5-10H,12H2,1-4H3/b21-14+. The third-order valence-electron chi connectivity index (χ3n) is 4.60. The molecule has 31 heavy (non-hydrogen) atoms. The van der Waals surface area contributed by atoms with E-state index in [1.807, 2.05) is 30.3 Å². The first-order valence-electron chi connectivity index (χ1n) is 9.11. The Morgan fingerprint density at radius 2 is 1.74 bits per heavy atom. The minimum absolute atomic E-state index is 0.0684. The molecule has 8 nitrogen and oxygen atoms in total. The molecule has 0 saturated carbocycles. The van der Waals surface area contributed by atoms with Gasteiger partial charge in [0.05, 0.1) is 27.0 Å². The Labute approximate surface area is 183 Å². The highest BCUT2D eigenvalue weighted by Crippen LogP contribution is 2.46. The second kappa shape index (κ2) is 9.45. The first-order valence-corrected chi connectivity index (χ1v) is 9.92. The number of ketones is 1. The van der Waals surface area contributed by atoms with Crippen LogP contribution in [0.5, 0.6) is 17.2 Å². The molecule has 3 rings (SSSR count). The molecule has 2 aromatic rings. The summed E-state index contributed by atoms with van der Waals surface area (Å²) >= 11 is 1.32. The van der Waals surface area contributed by atoms with E-state index in [4.69, 9.17) is 18.9 Å². The molecule has 0 fully saturated rings. The molecule has 0 atom stereocenters. The number of carbonyl (C=O) groups excluding carboxylic acids is 2. The van der Waals surface area contributed by atoms with Gasteiger partial charge in [0.2, 0.25) is 11.5 Å². The van der Waals surface area contributed by atoms with Crippen LogP contribution in [-0.4, -0.2) is 46.7 Å². The Kier molecular flexibility index (Phi) is 6.72. The molecule has 0 bridgehead atoms. The molecule has 160 valence electrons. The Bertz CT molecular complexity index is 1110. The number of ether oxygens (including phenoxy) is 4. The average Bonchev–Trinajstić information content (AvgIpc) is 3.13. The van der Waals surface area contributed by atoms with Gasteiger partial charge >= 0.3 is 5.97 Å². The third-order valence-corrected chi connectivity index (χ3v) is 5.84. The minimum Gasteiger partial charge on any atom is -0.493 e. The number of thioether (sulfide) groups is 1. The lowest BCUT2D eigenvalue weighted by molar-refractivity contribution is -0.118. The van der Waals surface area contributed by atoms with Crippen molar-refractivity contribution >= 4 is 29.2 Å². The number of para-hydroxylation sites is 1. The molecule has 2 aromatic carbocycles. The van der Waals surface area contributed by atoms with E-state index in [1.165, 1.54) is 45.2 Å². The number of methoxy groups -OCH3 is 3. The van der Waals surface area contributed by atoms with Crippen molar-refractivity contribution in [1.82, 2.24) is 0 Å². The quantitative estimate of drug-likeness (QED) is 0.364. The molecule has 9 heteroatoms. The fourth-order valence-electron chi connectivity index (χ4n) is 3.09. The van der Waals surface area contributed by atoms with Crippen LogP contribution in [-0.2, 0) is 9.53 Å². The van der Waals surface area contributed by atoms with Crippen molar-refractivity contribution < 1.29 is 28.5 Å². The Morgan fingerprint density at radius 3 is 2.35 bits per heavy atom. The molecule has 0 amide bonds. The second-order valence-electron chi connectivity index (χ2n) is 6.30. The number of nitriles is 1. The summed E-state index contributed by atoms with van der Waals surface area (Å²) < 4.78 is 20.9. The molecular formula is C22H20N2O6S. The summed E-state index contributed by atoms with van der Waals surface area (Å²) in [5.41, 5.74) is 0.893.